The third-order valence-electron chi connectivity index (χ3n) is 2.17. The molecular weight excluding hydrogens is 191 g/mol. The Morgan fingerprint density at radius 3 is 2.85 bits per heavy atom. The van der Waals surface area contributed by atoms with Crippen molar-refractivity contribution in [2.75, 3.05) is 6.54 Å². The summed E-state index contributed by atoms with van der Waals surface area (Å²) in [4.78, 5) is 4.02. The highest BCUT2D eigenvalue weighted by atomic mass is 35.5. The Hall–Kier alpha value is -0.670. The molecule has 0 aromatic carbocycles. The minimum Gasteiger partial charge on any atom is -0.309 e. The average Bonchev–Trinajstić information content (AvgIpc) is 2.58. The first kappa shape index (κ1) is 10.4. The molecule has 1 N–H and O–H groups in total. The monoisotopic (exact) mass is 202 g/mol. The highest BCUT2D eigenvalue weighted by molar-refractivity contribution is 5.85. The second-order valence-corrected chi connectivity index (χ2v) is 3.05. The van der Waals surface area contributed by atoms with Gasteiger partial charge in [0.05, 0.1) is 11.9 Å². The molecule has 1 atom stereocenters. The van der Waals surface area contributed by atoms with Crippen LogP contribution in [0.15, 0.2) is 18.3 Å². The van der Waals surface area contributed by atoms with Gasteiger partial charge in [-0.1, -0.05) is 0 Å². The van der Waals surface area contributed by atoms with Gasteiger partial charge in [0.1, 0.15) is 5.82 Å². The normalized spacial score (nSPS) is 21.2. The van der Waals surface area contributed by atoms with Crippen LogP contribution in [0.25, 0.3) is 0 Å². The summed E-state index contributed by atoms with van der Waals surface area (Å²) in [5.41, 5.74) is 0.953. The quantitative estimate of drug-likeness (QED) is 0.754. The van der Waals surface area contributed by atoms with E-state index in [2.05, 4.69) is 10.3 Å². The van der Waals surface area contributed by atoms with Crippen molar-refractivity contribution in [1.29, 1.82) is 0 Å². The number of aromatic nitrogens is 1. The van der Waals surface area contributed by atoms with E-state index in [1.54, 1.807) is 6.07 Å². The molecule has 2 heterocycles. The van der Waals surface area contributed by atoms with Crippen molar-refractivity contribution >= 4 is 12.4 Å². The smallest absolute Gasteiger partial charge is 0.141 e. The molecule has 72 valence electrons. The summed E-state index contributed by atoms with van der Waals surface area (Å²) in [6, 6.07) is 3.55. The van der Waals surface area contributed by atoms with Crippen molar-refractivity contribution in [2.24, 2.45) is 0 Å². The number of pyridine rings is 1. The fourth-order valence-electron chi connectivity index (χ4n) is 1.53. The van der Waals surface area contributed by atoms with Crippen LogP contribution in [0.2, 0.25) is 0 Å². The number of nitrogens with zero attached hydrogens (tertiary/aromatic N) is 1. The van der Waals surface area contributed by atoms with Gasteiger partial charge in [0.2, 0.25) is 0 Å². The summed E-state index contributed by atoms with van der Waals surface area (Å²) >= 11 is 0. The van der Waals surface area contributed by atoms with E-state index in [4.69, 9.17) is 0 Å². The molecule has 0 saturated carbocycles. The van der Waals surface area contributed by atoms with Crippen LogP contribution in [0, 0.1) is 5.82 Å². The maximum Gasteiger partial charge on any atom is 0.141 e. The molecule has 0 spiro atoms. The van der Waals surface area contributed by atoms with E-state index in [1.165, 1.54) is 18.7 Å². The van der Waals surface area contributed by atoms with Crippen LogP contribution < -0.4 is 5.32 Å². The molecule has 0 amide bonds. The van der Waals surface area contributed by atoms with E-state index in [1.807, 2.05) is 0 Å². The van der Waals surface area contributed by atoms with Gasteiger partial charge >= 0.3 is 0 Å². The highest BCUT2D eigenvalue weighted by Crippen LogP contribution is 2.20. The molecule has 1 saturated heterocycles. The lowest BCUT2D eigenvalue weighted by Crippen LogP contribution is -2.13. The molecule has 0 radical (unpaired) electrons. The Balaban J connectivity index is 0.000000845. The average molecular weight is 203 g/mol. The van der Waals surface area contributed by atoms with Crippen LogP contribution in [0.3, 0.4) is 0 Å². The van der Waals surface area contributed by atoms with E-state index in [9.17, 15) is 4.39 Å². The molecule has 0 unspecified atom stereocenters. The predicted molar refractivity (Wildman–Crippen MR) is 51.4 cm³/mol. The number of nitrogens with one attached hydrogen (secondary N) is 1. The summed E-state index contributed by atoms with van der Waals surface area (Å²) in [7, 11) is 0. The van der Waals surface area contributed by atoms with E-state index in [0.29, 0.717) is 6.04 Å². The van der Waals surface area contributed by atoms with E-state index >= 15 is 0 Å². The zero-order valence-corrected chi connectivity index (χ0v) is 7.98. The first-order chi connectivity index (χ1) is 5.86. The number of hydrogen-bond donors (Lipinski definition) is 1. The standard InChI is InChI=1S/C9H11FN2.ClH/c10-7-3-4-9(12-6-7)8-2-1-5-11-8;/h3-4,6,8,11H,1-2,5H2;1H/t8-;/m0./s1. The predicted octanol–water partition coefficient (Wildman–Crippen LogP) is 2.07. The molecule has 1 fully saturated rings. The van der Waals surface area contributed by atoms with Gasteiger partial charge in [-0.3, -0.25) is 4.98 Å². The van der Waals surface area contributed by atoms with E-state index < -0.39 is 0 Å². The van der Waals surface area contributed by atoms with Crippen molar-refractivity contribution in [3.05, 3.63) is 29.8 Å². The minimum absolute atomic E-state index is 0. The molecule has 4 heteroatoms. The fraction of sp³-hybridized carbons (Fsp3) is 0.444. The maximum absolute atomic E-state index is 12.5. The minimum atomic E-state index is -0.267. The second-order valence-electron chi connectivity index (χ2n) is 3.05. The Bertz CT molecular complexity index is 257. The first-order valence-electron chi connectivity index (χ1n) is 4.21. The Morgan fingerprint density at radius 1 is 1.46 bits per heavy atom. The topological polar surface area (TPSA) is 24.9 Å². The number of hydrogen-bond acceptors (Lipinski definition) is 2. The van der Waals surface area contributed by atoms with Gasteiger partial charge in [0.25, 0.3) is 0 Å². The van der Waals surface area contributed by atoms with Crippen molar-refractivity contribution in [1.82, 2.24) is 10.3 Å². The highest BCUT2D eigenvalue weighted by Gasteiger charge is 2.16. The summed E-state index contributed by atoms with van der Waals surface area (Å²) < 4.78 is 12.5. The molecule has 1 aliphatic heterocycles. The SMILES string of the molecule is Cl.Fc1ccc([C@@H]2CCCN2)nc1. The lowest BCUT2D eigenvalue weighted by molar-refractivity contribution is 0.598. The van der Waals surface area contributed by atoms with Crippen molar-refractivity contribution < 1.29 is 4.39 Å². The zero-order chi connectivity index (χ0) is 8.39. The third kappa shape index (κ3) is 2.39. The number of rotatable bonds is 1. The largest absolute Gasteiger partial charge is 0.309 e. The molecule has 2 nitrogen and oxygen atoms in total. The fourth-order valence-corrected chi connectivity index (χ4v) is 1.53. The Labute approximate surface area is 83.0 Å². The van der Waals surface area contributed by atoms with Crippen molar-refractivity contribution in [3.8, 4) is 0 Å². The van der Waals surface area contributed by atoms with Crippen LogP contribution in [0.5, 0.6) is 0 Å². The van der Waals surface area contributed by atoms with Gasteiger partial charge in [0, 0.05) is 6.04 Å². The molecule has 1 aliphatic rings. The lowest BCUT2D eigenvalue weighted by Gasteiger charge is -2.07. The zero-order valence-electron chi connectivity index (χ0n) is 7.16. The molecule has 2 rings (SSSR count). The molecule has 13 heavy (non-hydrogen) atoms. The lowest BCUT2D eigenvalue weighted by atomic mass is 10.1. The molecule has 1 aromatic heterocycles. The van der Waals surface area contributed by atoms with Gasteiger partial charge in [-0.2, -0.15) is 0 Å². The van der Waals surface area contributed by atoms with E-state index in [0.717, 1.165) is 18.7 Å². The van der Waals surface area contributed by atoms with Gasteiger partial charge < -0.3 is 5.32 Å². The maximum atomic E-state index is 12.5. The van der Waals surface area contributed by atoms with Gasteiger partial charge in [-0.15, -0.1) is 12.4 Å². The molecule has 0 aliphatic carbocycles. The molecular formula is C9H12ClFN2. The van der Waals surface area contributed by atoms with Crippen LogP contribution >= 0.6 is 12.4 Å². The number of halogens is 2. The van der Waals surface area contributed by atoms with Crippen molar-refractivity contribution in [2.45, 2.75) is 18.9 Å². The molecule has 1 aromatic rings. The first-order valence-corrected chi connectivity index (χ1v) is 4.21. The summed E-state index contributed by atoms with van der Waals surface area (Å²) in [6.07, 6.45) is 3.57. The van der Waals surface area contributed by atoms with Gasteiger partial charge in [-0.05, 0) is 31.5 Å². The Kier molecular flexibility index (Phi) is 3.63. The van der Waals surface area contributed by atoms with Crippen LogP contribution in [0.4, 0.5) is 4.39 Å². The third-order valence-corrected chi connectivity index (χ3v) is 2.17. The molecule has 0 bridgehead atoms. The van der Waals surface area contributed by atoms with E-state index in [-0.39, 0.29) is 18.2 Å². The summed E-state index contributed by atoms with van der Waals surface area (Å²) in [5, 5.41) is 3.31. The van der Waals surface area contributed by atoms with Crippen molar-refractivity contribution in [3.63, 3.8) is 0 Å². The second kappa shape index (κ2) is 4.53. The summed E-state index contributed by atoms with van der Waals surface area (Å²) in [5.74, 6) is -0.267. The van der Waals surface area contributed by atoms with Crippen LogP contribution in [-0.2, 0) is 0 Å². The van der Waals surface area contributed by atoms with Gasteiger partial charge in [0.15, 0.2) is 0 Å². The van der Waals surface area contributed by atoms with Crippen LogP contribution in [-0.4, -0.2) is 11.5 Å². The summed E-state index contributed by atoms with van der Waals surface area (Å²) in [6.45, 7) is 1.05. The van der Waals surface area contributed by atoms with Gasteiger partial charge in [-0.25, -0.2) is 4.39 Å². The van der Waals surface area contributed by atoms with Crippen LogP contribution in [0.1, 0.15) is 24.6 Å². The Morgan fingerprint density at radius 2 is 2.31 bits per heavy atom.